The molecule has 124 valence electrons. The van der Waals surface area contributed by atoms with Crippen molar-refractivity contribution >= 4 is 0 Å². The smallest absolute Gasteiger partial charge is 0.243 e. The van der Waals surface area contributed by atoms with E-state index in [4.69, 9.17) is 4.98 Å². The van der Waals surface area contributed by atoms with Gasteiger partial charge in [0, 0.05) is 36.4 Å². The zero-order valence-electron chi connectivity index (χ0n) is 14.3. The van der Waals surface area contributed by atoms with Gasteiger partial charge in [0.25, 0.3) is 0 Å². The first kappa shape index (κ1) is 15.3. The zero-order valence-corrected chi connectivity index (χ0v) is 14.3. The van der Waals surface area contributed by atoms with Gasteiger partial charge in [0.05, 0.1) is 18.4 Å². The highest BCUT2D eigenvalue weighted by Crippen LogP contribution is 2.16. The average Bonchev–Trinajstić information content (AvgIpc) is 3.24. The summed E-state index contributed by atoms with van der Waals surface area (Å²) in [4.78, 5) is 12.4. The first-order chi connectivity index (χ1) is 12.2. The molecule has 3 aromatic heterocycles. The molecule has 0 spiro atoms. The van der Waals surface area contributed by atoms with E-state index in [2.05, 4.69) is 40.6 Å². The van der Waals surface area contributed by atoms with Crippen LogP contribution in [0.4, 0.5) is 0 Å². The lowest BCUT2D eigenvalue weighted by molar-refractivity contribution is -0.674. The molecule has 4 aromatic rings. The molecule has 3 heterocycles. The first-order valence-corrected chi connectivity index (χ1v) is 8.21. The largest absolute Gasteiger partial charge is 0.356 e. The number of aromatic nitrogens is 5. The van der Waals surface area contributed by atoms with Crippen molar-refractivity contribution in [2.75, 3.05) is 0 Å². The van der Waals surface area contributed by atoms with Crippen LogP contribution in [-0.4, -0.2) is 19.5 Å². The van der Waals surface area contributed by atoms with Crippen molar-refractivity contribution in [3.8, 4) is 17.2 Å². The van der Waals surface area contributed by atoms with Crippen LogP contribution in [-0.2, 0) is 13.5 Å². The number of nitrogens with one attached hydrogen (secondary N) is 1. The molecule has 0 aliphatic heterocycles. The SMILES string of the molecule is Cc1ccc(-c2nccc(Cc3cccc(-n4[c-][n+](C)cc4)c3)n2)[nH]1. The number of hydrogen-bond acceptors (Lipinski definition) is 2. The lowest BCUT2D eigenvalue weighted by atomic mass is 10.1. The molecule has 0 saturated carbocycles. The van der Waals surface area contributed by atoms with E-state index in [0.717, 1.165) is 35.0 Å². The molecular formula is C20H19N5. The second kappa shape index (κ2) is 6.36. The van der Waals surface area contributed by atoms with Gasteiger partial charge in [0.15, 0.2) is 5.82 Å². The van der Waals surface area contributed by atoms with E-state index < -0.39 is 0 Å². The lowest BCUT2D eigenvalue weighted by Crippen LogP contribution is -2.24. The fraction of sp³-hybridized carbons (Fsp3) is 0.150. The summed E-state index contributed by atoms with van der Waals surface area (Å²) in [5.41, 5.74) is 5.34. The van der Waals surface area contributed by atoms with Crippen molar-refractivity contribution in [3.63, 3.8) is 0 Å². The molecule has 0 bridgehead atoms. The predicted octanol–water partition coefficient (Wildman–Crippen LogP) is 2.79. The summed E-state index contributed by atoms with van der Waals surface area (Å²) in [6.07, 6.45) is 9.77. The van der Waals surface area contributed by atoms with E-state index in [1.807, 2.05) is 59.9 Å². The average molecular weight is 329 g/mol. The maximum atomic E-state index is 4.70. The number of benzene rings is 1. The van der Waals surface area contributed by atoms with E-state index in [9.17, 15) is 0 Å². The van der Waals surface area contributed by atoms with Crippen LogP contribution in [0.3, 0.4) is 0 Å². The van der Waals surface area contributed by atoms with Gasteiger partial charge in [-0.15, -0.1) is 0 Å². The monoisotopic (exact) mass is 329 g/mol. The Bertz CT molecular complexity index is 930. The van der Waals surface area contributed by atoms with Crippen molar-refractivity contribution in [2.45, 2.75) is 13.3 Å². The maximum absolute atomic E-state index is 4.70. The van der Waals surface area contributed by atoms with Crippen LogP contribution in [0.2, 0.25) is 0 Å². The molecule has 4 rings (SSSR count). The third kappa shape index (κ3) is 3.35. The molecular weight excluding hydrogens is 310 g/mol. The summed E-state index contributed by atoms with van der Waals surface area (Å²) >= 11 is 0. The van der Waals surface area contributed by atoms with E-state index in [1.165, 1.54) is 5.56 Å². The summed E-state index contributed by atoms with van der Waals surface area (Å²) in [7, 11) is 1.96. The maximum Gasteiger partial charge on any atom is 0.243 e. The second-order valence-electron chi connectivity index (χ2n) is 6.15. The van der Waals surface area contributed by atoms with Gasteiger partial charge in [-0.3, -0.25) is 0 Å². The molecule has 0 saturated heterocycles. The van der Waals surface area contributed by atoms with Crippen molar-refractivity contribution in [1.29, 1.82) is 0 Å². The Balaban J connectivity index is 1.60. The Hall–Kier alpha value is -3.21. The van der Waals surface area contributed by atoms with Gasteiger partial charge in [-0.2, -0.15) is 0 Å². The molecule has 0 aliphatic rings. The number of rotatable bonds is 4. The Morgan fingerprint density at radius 3 is 2.88 bits per heavy atom. The number of nitrogens with zero attached hydrogens (tertiary/aromatic N) is 4. The number of hydrogen-bond donors (Lipinski definition) is 1. The second-order valence-corrected chi connectivity index (χ2v) is 6.15. The molecule has 0 aliphatic carbocycles. The van der Waals surface area contributed by atoms with Crippen LogP contribution in [0.15, 0.2) is 61.1 Å². The number of imidazole rings is 1. The van der Waals surface area contributed by atoms with Gasteiger partial charge in [-0.1, -0.05) is 24.3 Å². The molecule has 0 atom stereocenters. The fourth-order valence-electron chi connectivity index (χ4n) is 2.83. The summed E-state index contributed by atoms with van der Waals surface area (Å²) < 4.78 is 3.89. The molecule has 1 N–H and O–H groups in total. The van der Waals surface area contributed by atoms with E-state index in [-0.39, 0.29) is 0 Å². The standard InChI is InChI=1S/C20H19N5/c1-15-6-7-19(22-15)20-21-9-8-17(23-20)12-16-4-3-5-18(13-16)25-11-10-24(2)14-25/h3-11,13,22H,12H2,1-2H3. The van der Waals surface area contributed by atoms with Crippen LogP contribution in [0.1, 0.15) is 17.0 Å². The van der Waals surface area contributed by atoms with Crippen LogP contribution in [0.5, 0.6) is 0 Å². The minimum atomic E-state index is 0.729. The van der Waals surface area contributed by atoms with Gasteiger partial charge in [0.2, 0.25) is 6.33 Å². The first-order valence-electron chi connectivity index (χ1n) is 8.21. The predicted molar refractivity (Wildman–Crippen MR) is 95.1 cm³/mol. The highest BCUT2D eigenvalue weighted by molar-refractivity contribution is 5.50. The molecule has 0 unspecified atom stereocenters. The van der Waals surface area contributed by atoms with Gasteiger partial charge >= 0.3 is 0 Å². The number of H-pyrrole nitrogens is 1. The van der Waals surface area contributed by atoms with E-state index in [1.54, 1.807) is 0 Å². The number of aryl methyl sites for hydroxylation is 2. The Morgan fingerprint density at radius 2 is 2.12 bits per heavy atom. The van der Waals surface area contributed by atoms with E-state index in [0.29, 0.717) is 0 Å². The summed E-state index contributed by atoms with van der Waals surface area (Å²) in [6, 6.07) is 14.4. The summed E-state index contributed by atoms with van der Waals surface area (Å²) in [5.74, 6) is 0.729. The third-order valence-electron chi connectivity index (χ3n) is 4.06. The topological polar surface area (TPSA) is 50.4 Å². The minimum absolute atomic E-state index is 0.729. The summed E-state index contributed by atoms with van der Waals surface area (Å²) in [6.45, 7) is 2.02. The molecule has 0 fully saturated rings. The van der Waals surface area contributed by atoms with Crippen molar-refractivity contribution < 1.29 is 4.57 Å². The zero-order chi connectivity index (χ0) is 17.2. The van der Waals surface area contributed by atoms with Gasteiger partial charge in [0.1, 0.15) is 0 Å². The van der Waals surface area contributed by atoms with Gasteiger partial charge < -0.3 is 14.1 Å². The Morgan fingerprint density at radius 1 is 1.20 bits per heavy atom. The van der Waals surface area contributed by atoms with E-state index >= 15 is 0 Å². The highest BCUT2D eigenvalue weighted by Gasteiger charge is 2.06. The Labute approximate surface area is 146 Å². The molecule has 5 nitrogen and oxygen atoms in total. The third-order valence-corrected chi connectivity index (χ3v) is 4.06. The fourth-order valence-corrected chi connectivity index (χ4v) is 2.83. The van der Waals surface area contributed by atoms with Crippen LogP contribution in [0.25, 0.3) is 17.2 Å². The van der Waals surface area contributed by atoms with Gasteiger partial charge in [-0.25, -0.2) is 9.97 Å². The molecule has 0 amide bonds. The molecule has 0 radical (unpaired) electrons. The molecule has 5 heteroatoms. The van der Waals surface area contributed by atoms with Crippen molar-refractivity contribution in [3.05, 3.63) is 84.3 Å². The van der Waals surface area contributed by atoms with Crippen molar-refractivity contribution in [2.24, 2.45) is 7.05 Å². The highest BCUT2D eigenvalue weighted by atomic mass is 15.1. The van der Waals surface area contributed by atoms with Crippen LogP contribution < -0.4 is 4.57 Å². The van der Waals surface area contributed by atoms with Crippen LogP contribution >= 0.6 is 0 Å². The molecule has 1 aromatic carbocycles. The normalized spacial score (nSPS) is 11.0. The van der Waals surface area contributed by atoms with Gasteiger partial charge in [-0.05, 0) is 30.7 Å². The molecule has 25 heavy (non-hydrogen) atoms. The number of aromatic amines is 1. The lowest BCUT2D eigenvalue weighted by Gasteiger charge is -2.07. The summed E-state index contributed by atoms with van der Waals surface area (Å²) in [5, 5.41) is 0. The Kier molecular flexibility index (Phi) is 3.90. The van der Waals surface area contributed by atoms with Crippen molar-refractivity contribution in [1.82, 2.24) is 19.5 Å². The quantitative estimate of drug-likeness (QED) is 0.462. The minimum Gasteiger partial charge on any atom is -0.356 e. The van der Waals surface area contributed by atoms with Crippen LogP contribution in [0, 0.1) is 13.3 Å².